The van der Waals surface area contributed by atoms with Crippen LogP contribution in [0.1, 0.15) is 39.2 Å². The van der Waals surface area contributed by atoms with Crippen molar-refractivity contribution >= 4 is 6.09 Å². The molecule has 1 amide bonds. The van der Waals surface area contributed by atoms with E-state index in [1.165, 1.54) is 18.4 Å². The minimum absolute atomic E-state index is 0.165. The van der Waals surface area contributed by atoms with Crippen molar-refractivity contribution in [2.45, 2.75) is 45.6 Å². The molecule has 2 aliphatic rings. The maximum atomic E-state index is 12.0. The standard InChI is InChI=1S/C19H27NO3/c1-18(2,3)23-17(21)20-12-19(13-20)10-15(11-19)9-14-5-7-16(22-4)8-6-14/h5-8,15H,9-13H2,1-4H3. The molecule has 23 heavy (non-hydrogen) atoms. The number of nitrogens with zero attached hydrogens (tertiary/aromatic N) is 1. The average molecular weight is 317 g/mol. The van der Waals surface area contributed by atoms with Crippen molar-refractivity contribution in [1.82, 2.24) is 4.90 Å². The minimum Gasteiger partial charge on any atom is -0.497 e. The Bertz CT molecular complexity index is 559. The van der Waals surface area contributed by atoms with Gasteiger partial charge in [-0.05, 0) is 63.6 Å². The molecule has 0 atom stereocenters. The van der Waals surface area contributed by atoms with Gasteiger partial charge in [0.05, 0.1) is 7.11 Å². The van der Waals surface area contributed by atoms with E-state index in [2.05, 4.69) is 12.1 Å². The van der Waals surface area contributed by atoms with Gasteiger partial charge in [0.2, 0.25) is 0 Å². The van der Waals surface area contributed by atoms with Gasteiger partial charge in [-0.1, -0.05) is 12.1 Å². The monoisotopic (exact) mass is 317 g/mol. The van der Waals surface area contributed by atoms with E-state index in [9.17, 15) is 4.79 Å². The van der Waals surface area contributed by atoms with Crippen LogP contribution in [0.2, 0.25) is 0 Å². The van der Waals surface area contributed by atoms with Gasteiger partial charge >= 0.3 is 6.09 Å². The second-order valence-electron chi connectivity index (χ2n) is 8.16. The summed E-state index contributed by atoms with van der Waals surface area (Å²) in [5.74, 6) is 1.65. The zero-order chi connectivity index (χ0) is 16.7. The van der Waals surface area contributed by atoms with Crippen LogP contribution in [-0.4, -0.2) is 36.8 Å². The highest BCUT2D eigenvalue weighted by Gasteiger charge is 2.54. The topological polar surface area (TPSA) is 38.8 Å². The summed E-state index contributed by atoms with van der Waals surface area (Å²) in [5.41, 5.74) is 1.33. The lowest BCUT2D eigenvalue weighted by Crippen LogP contribution is -2.64. The van der Waals surface area contributed by atoms with Gasteiger partial charge in [-0.15, -0.1) is 0 Å². The number of carbonyl (C=O) groups excluding carboxylic acids is 1. The summed E-state index contributed by atoms with van der Waals surface area (Å²) < 4.78 is 10.6. The highest BCUT2D eigenvalue weighted by atomic mass is 16.6. The van der Waals surface area contributed by atoms with E-state index in [-0.39, 0.29) is 6.09 Å². The van der Waals surface area contributed by atoms with Crippen LogP contribution in [0.15, 0.2) is 24.3 Å². The number of hydrogen-bond donors (Lipinski definition) is 0. The number of rotatable bonds is 3. The van der Waals surface area contributed by atoms with Crippen molar-refractivity contribution in [2.75, 3.05) is 20.2 Å². The number of ether oxygens (including phenoxy) is 2. The smallest absolute Gasteiger partial charge is 0.410 e. The number of likely N-dealkylation sites (tertiary alicyclic amines) is 1. The van der Waals surface area contributed by atoms with E-state index in [1.807, 2.05) is 37.8 Å². The Morgan fingerprint density at radius 1 is 1.22 bits per heavy atom. The van der Waals surface area contributed by atoms with Gasteiger partial charge in [0.1, 0.15) is 11.4 Å². The Morgan fingerprint density at radius 2 is 1.83 bits per heavy atom. The van der Waals surface area contributed by atoms with Gasteiger partial charge in [-0.25, -0.2) is 4.79 Å². The Hall–Kier alpha value is -1.71. The van der Waals surface area contributed by atoms with Gasteiger partial charge in [0.15, 0.2) is 0 Å². The van der Waals surface area contributed by atoms with Crippen LogP contribution in [0.3, 0.4) is 0 Å². The van der Waals surface area contributed by atoms with Crippen LogP contribution in [-0.2, 0) is 11.2 Å². The fourth-order valence-electron chi connectivity index (χ4n) is 3.88. The first-order valence-corrected chi connectivity index (χ1v) is 8.39. The predicted octanol–water partition coefficient (Wildman–Crippen LogP) is 3.88. The molecule has 1 heterocycles. The van der Waals surface area contributed by atoms with Crippen LogP contribution in [0.4, 0.5) is 4.79 Å². The maximum absolute atomic E-state index is 12.0. The van der Waals surface area contributed by atoms with Crippen LogP contribution in [0.5, 0.6) is 5.75 Å². The van der Waals surface area contributed by atoms with Crippen molar-refractivity contribution in [1.29, 1.82) is 0 Å². The summed E-state index contributed by atoms with van der Waals surface area (Å²) in [6, 6.07) is 8.35. The van der Waals surface area contributed by atoms with Gasteiger partial charge in [-0.2, -0.15) is 0 Å². The molecule has 1 spiro atoms. The Kier molecular flexibility index (Phi) is 4.03. The molecule has 0 radical (unpaired) electrons. The van der Waals surface area contributed by atoms with Crippen molar-refractivity contribution in [3.63, 3.8) is 0 Å². The first kappa shape index (κ1) is 16.2. The maximum Gasteiger partial charge on any atom is 0.410 e. The van der Waals surface area contributed by atoms with Crippen LogP contribution < -0.4 is 4.74 Å². The fraction of sp³-hybridized carbons (Fsp3) is 0.632. The van der Waals surface area contributed by atoms with Crippen LogP contribution in [0.25, 0.3) is 0 Å². The molecule has 126 valence electrons. The van der Waals surface area contributed by atoms with Gasteiger partial charge < -0.3 is 14.4 Å². The molecular formula is C19H27NO3. The molecule has 1 aliphatic carbocycles. The molecular weight excluding hydrogens is 290 g/mol. The summed E-state index contributed by atoms with van der Waals surface area (Å²) in [6.07, 6.45) is 3.40. The third-order valence-electron chi connectivity index (χ3n) is 4.83. The zero-order valence-electron chi connectivity index (χ0n) is 14.6. The minimum atomic E-state index is -0.406. The number of methoxy groups -OCH3 is 1. The van der Waals surface area contributed by atoms with E-state index >= 15 is 0 Å². The van der Waals surface area contributed by atoms with Gasteiger partial charge in [0, 0.05) is 18.5 Å². The molecule has 1 aromatic carbocycles. The SMILES string of the molecule is COc1ccc(CC2CC3(C2)CN(C(=O)OC(C)(C)C)C3)cc1. The first-order chi connectivity index (χ1) is 10.8. The number of hydrogen-bond acceptors (Lipinski definition) is 3. The van der Waals surface area contributed by atoms with Crippen molar-refractivity contribution in [3.05, 3.63) is 29.8 Å². The summed E-state index contributed by atoms with van der Waals surface area (Å²) in [7, 11) is 1.69. The molecule has 2 fully saturated rings. The second kappa shape index (κ2) is 5.73. The summed E-state index contributed by atoms with van der Waals surface area (Å²) in [4.78, 5) is 13.8. The molecule has 1 saturated heterocycles. The zero-order valence-corrected chi connectivity index (χ0v) is 14.6. The lowest BCUT2D eigenvalue weighted by atomic mass is 9.56. The summed E-state index contributed by atoms with van der Waals surface area (Å²) in [5, 5.41) is 0. The Balaban J connectivity index is 1.42. The normalized spacial score (nSPS) is 19.9. The predicted molar refractivity (Wildman–Crippen MR) is 89.7 cm³/mol. The van der Waals surface area contributed by atoms with E-state index in [0.29, 0.717) is 5.41 Å². The van der Waals surface area contributed by atoms with E-state index < -0.39 is 5.60 Å². The van der Waals surface area contributed by atoms with Crippen LogP contribution in [0, 0.1) is 11.3 Å². The Morgan fingerprint density at radius 3 is 2.35 bits per heavy atom. The van der Waals surface area contributed by atoms with Crippen molar-refractivity contribution in [2.24, 2.45) is 11.3 Å². The largest absolute Gasteiger partial charge is 0.497 e. The molecule has 3 rings (SSSR count). The molecule has 0 bridgehead atoms. The summed E-state index contributed by atoms with van der Waals surface area (Å²) in [6.45, 7) is 7.46. The van der Waals surface area contributed by atoms with Gasteiger partial charge in [0.25, 0.3) is 0 Å². The molecule has 4 nitrogen and oxygen atoms in total. The van der Waals surface area contributed by atoms with Crippen molar-refractivity contribution < 1.29 is 14.3 Å². The molecule has 0 unspecified atom stereocenters. The number of benzene rings is 1. The molecule has 4 heteroatoms. The third kappa shape index (κ3) is 3.62. The van der Waals surface area contributed by atoms with Crippen molar-refractivity contribution in [3.8, 4) is 5.75 Å². The van der Waals surface area contributed by atoms with E-state index in [0.717, 1.165) is 31.2 Å². The second-order valence-corrected chi connectivity index (χ2v) is 8.16. The third-order valence-corrected chi connectivity index (χ3v) is 4.83. The lowest BCUT2D eigenvalue weighted by molar-refractivity contribution is -0.0947. The first-order valence-electron chi connectivity index (χ1n) is 8.39. The molecule has 1 saturated carbocycles. The van der Waals surface area contributed by atoms with Gasteiger partial charge in [-0.3, -0.25) is 0 Å². The van der Waals surface area contributed by atoms with Crippen LogP contribution >= 0.6 is 0 Å². The quantitative estimate of drug-likeness (QED) is 0.849. The molecule has 0 N–H and O–H groups in total. The number of amides is 1. The Labute approximate surface area is 138 Å². The summed E-state index contributed by atoms with van der Waals surface area (Å²) >= 11 is 0. The highest BCUT2D eigenvalue weighted by molar-refractivity contribution is 5.69. The fourth-order valence-corrected chi connectivity index (χ4v) is 3.88. The van der Waals surface area contributed by atoms with E-state index in [1.54, 1.807) is 7.11 Å². The average Bonchev–Trinajstić information content (AvgIpc) is 2.38. The molecule has 1 aliphatic heterocycles. The number of carbonyl (C=O) groups is 1. The highest BCUT2D eigenvalue weighted by Crippen LogP contribution is 2.53. The molecule has 0 aromatic heterocycles. The molecule has 1 aromatic rings. The lowest BCUT2D eigenvalue weighted by Gasteiger charge is -2.59. The van der Waals surface area contributed by atoms with E-state index in [4.69, 9.17) is 9.47 Å².